The summed E-state index contributed by atoms with van der Waals surface area (Å²) in [7, 11) is 1.74. The quantitative estimate of drug-likeness (QED) is 0.537. The van der Waals surface area contributed by atoms with E-state index in [0.29, 0.717) is 6.04 Å². The summed E-state index contributed by atoms with van der Waals surface area (Å²) in [4.78, 5) is 18.0. The summed E-state index contributed by atoms with van der Waals surface area (Å²) in [6, 6.07) is 15.9. The number of nitro benzene ring substituents is 1. The van der Waals surface area contributed by atoms with Gasteiger partial charge in [0.1, 0.15) is 5.75 Å². The summed E-state index contributed by atoms with van der Waals surface area (Å²) in [5, 5.41) is 10.8. The number of hydrogen-bond acceptors (Lipinski definition) is 6. The highest BCUT2D eigenvalue weighted by Gasteiger charge is 2.28. The molecule has 2 aromatic carbocycles. The number of rotatable bonds is 6. The van der Waals surface area contributed by atoms with E-state index in [9.17, 15) is 10.1 Å². The van der Waals surface area contributed by atoms with Gasteiger partial charge in [0.2, 0.25) is 0 Å². The van der Waals surface area contributed by atoms with Crippen molar-refractivity contribution in [3.05, 3.63) is 64.2 Å². The molecule has 0 unspecified atom stereocenters. The third kappa shape index (κ3) is 4.74. The number of likely N-dealkylation sites (tertiary alicyclic amines) is 1. The van der Waals surface area contributed by atoms with Gasteiger partial charge in [-0.15, -0.1) is 0 Å². The van der Waals surface area contributed by atoms with Crippen LogP contribution in [0.4, 0.5) is 11.4 Å². The lowest BCUT2D eigenvalue weighted by Crippen LogP contribution is -2.53. The molecule has 0 spiro atoms. The van der Waals surface area contributed by atoms with Crippen LogP contribution in [-0.4, -0.2) is 67.1 Å². The van der Waals surface area contributed by atoms with Crippen molar-refractivity contribution in [2.75, 3.05) is 51.3 Å². The maximum Gasteiger partial charge on any atom is 0.269 e. The van der Waals surface area contributed by atoms with E-state index in [-0.39, 0.29) is 10.6 Å². The first-order valence-electron chi connectivity index (χ1n) is 10.7. The van der Waals surface area contributed by atoms with Gasteiger partial charge >= 0.3 is 0 Å². The largest absolute Gasteiger partial charge is 0.495 e. The summed E-state index contributed by atoms with van der Waals surface area (Å²) in [5.41, 5.74) is 2.49. The molecule has 0 aromatic heterocycles. The van der Waals surface area contributed by atoms with Crippen LogP contribution in [0.1, 0.15) is 18.4 Å². The molecule has 7 nitrogen and oxygen atoms in total. The number of nitrogens with zero attached hydrogens (tertiary/aromatic N) is 4. The minimum atomic E-state index is -0.344. The Balaban J connectivity index is 1.24. The topological polar surface area (TPSA) is 62.1 Å². The third-order valence-corrected chi connectivity index (χ3v) is 6.37. The Morgan fingerprint density at radius 1 is 0.967 bits per heavy atom. The second-order valence-corrected chi connectivity index (χ2v) is 8.13. The normalized spacial score (nSPS) is 19.0. The molecular weight excluding hydrogens is 380 g/mol. The molecule has 2 saturated heterocycles. The number of nitro groups is 1. The van der Waals surface area contributed by atoms with E-state index in [4.69, 9.17) is 4.74 Å². The van der Waals surface area contributed by atoms with Crippen LogP contribution in [0.15, 0.2) is 48.5 Å². The molecule has 0 atom stereocenters. The second kappa shape index (κ2) is 9.45. The summed E-state index contributed by atoms with van der Waals surface area (Å²) in [6.07, 6.45) is 2.36. The first-order valence-corrected chi connectivity index (χ1v) is 10.7. The maximum absolute atomic E-state index is 10.8. The molecule has 0 aliphatic carbocycles. The first kappa shape index (κ1) is 20.6. The Kier molecular flexibility index (Phi) is 6.50. The predicted octanol–water partition coefficient (Wildman–Crippen LogP) is 3.39. The highest BCUT2D eigenvalue weighted by Crippen LogP contribution is 2.29. The maximum atomic E-state index is 10.8. The lowest BCUT2D eigenvalue weighted by molar-refractivity contribution is -0.384. The van der Waals surface area contributed by atoms with Crippen LogP contribution in [0.5, 0.6) is 5.75 Å². The molecule has 2 heterocycles. The van der Waals surface area contributed by atoms with E-state index in [2.05, 4.69) is 26.8 Å². The first-order chi connectivity index (χ1) is 14.6. The molecule has 4 rings (SSSR count). The fraction of sp³-hybridized carbons (Fsp3) is 0.478. The van der Waals surface area contributed by atoms with Crippen LogP contribution in [0.25, 0.3) is 0 Å². The number of non-ortho nitro benzene ring substituents is 1. The van der Waals surface area contributed by atoms with Crippen molar-refractivity contribution in [3.63, 3.8) is 0 Å². The molecule has 7 heteroatoms. The minimum absolute atomic E-state index is 0.157. The fourth-order valence-electron chi connectivity index (χ4n) is 4.64. The van der Waals surface area contributed by atoms with Gasteiger partial charge in [0, 0.05) is 50.9 Å². The zero-order chi connectivity index (χ0) is 20.9. The molecule has 0 saturated carbocycles. The molecule has 0 radical (unpaired) electrons. The van der Waals surface area contributed by atoms with E-state index in [1.54, 1.807) is 19.2 Å². The number of piperidine rings is 1. The molecule has 0 amide bonds. The van der Waals surface area contributed by atoms with Crippen molar-refractivity contribution in [1.82, 2.24) is 9.80 Å². The standard InChI is InChI=1S/C23H30N4O3/c1-30-23-5-3-2-4-22(23)26-16-14-25(15-17-26)20-10-12-24(13-11-20)18-19-6-8-21(9-7-19)27(28)29/h2-9,20H,10-18H2,1H3. The molecule has 30 heavy (non-hydrogen) atoms. The van der Waals surface area contributed by atoms with E-state index in [1.165, 1.54) is 18.5 Å². The van der Waals surface area contributed by atoms with Gasteiger partial charge in [-0.05, 0) is 43.6 Å². The van der Waals surface area contributed by atoms with Gasteiger partial charge in [-0.25, -0.2) is 0 Å². The molecule has 2 aliphatic rings. The zero-order valence-electron chi connectivity index (χ0n) is 17.6. The molecule has 160 valence electrons. The van der Waals surface area contributed by atoms with E-state index in [1.807, 2.05) is 24.3 Å². The zero-order valence-corrected chi connectivity index (χ0v) is 17.6. The van der Waals surface area contributed by atoms with Crippen molar-refractivity contribution < 1.29 is 9.66 Å². The number of benzene rings is 2. The van der Waals surface area contributed by atoms with Crippen LogP contribution >= 0.6 is 0 Å². The number of methoxy groups -OCH3 is 1. The number of hydrogen-bond donors (Lipinski definition) is 0. The number of anilines is 1. The summed E-state index contributed by atoms with van der Waals surface area (Å²) in [5.74, 6) is 0.950. The van der Waals surface area contributed by atoms with Crippen LogP contribution < -0.4 is 9.64 Å². The monoisotopic (exact) mass is 410 g/mol. The van der Waals surface area contributed by atoms with Crippen LogP contribution in [-0.2, 0) is 6.54 Å². The second-order valence-electron chi connectivity index (χ2n) is 8.13. The van der Waals surface area contributed by atoms with Crippen LogP contribution in [0, 0.1) is 10.1 Å². The summed E-state index contributed by atoms with van der Waals surface area (Å²) >= 11 is 0. The van der Waals surface area contributed by atoms with Crippen LogP contribution in [0.3, 0.4) is 0 Å². The van der Waals surface area contributed by atoms with Gasteiger partial charge in [0.25, 0.3) is 5.69 Å². The average Bonchev–Trinajstić information content (AvgIpc) is 2.80. The van der Waals surface area contributed by atoms with Crippen molar-refractivity contribution in [2.45, 2.75) is 25.4 Å². The fourth-order valence-corrected chi connectivity index (χ4v) is 4.64. The summed E-state index contributed by atoms with van der Waals surface area (Å²) in [6.45, 7) is 7.26. The highest BCUT2D eigenvalue weighted by molar-refractivity contribution is 5.58. The van der Waals surface area contributed by atoms with Gasteiger partial charge in [-0.1, -0.05) is 24.3 Å². The van der Waals surface area contributed by atoms with Crippen molar-refractivity contribution in [2.24, 2.45) is 0 Å². The SMILES string of the molecule is COc1ccccc1N1CCN(C2CCN(Cc3ccc([N+](=O)[O-])cc3)CC2)CC1. The third-order valence-electron chi connectivity index (χ3n) is 6.37. The smallest absolute Gasteiger partial charge is 0.269 e. The van der Waals surface area contributed by atoms with Crippen LogP contribution in [0.2, 0.25) is 0 Å². The van der Waals surface area contributed by atoms with Gasteiger partial charge in [0.05, 0.1) is 17.7 Å². The Morgan fingerprint density at radius 2 is 1.63 bits per heavy atom. The van der Waals surface area contributed by atoms with Crippen molar-refractivity contribution >= 4 is 11.4 Å². The predicted molar refractivity (Wildman–Crippen MR) is 118 cm³/mol. The number of piperazine rings is 1. The number of para-hydroxylation sites is 2. The minimum Gasteiger partial charge on any atom is -0.495 e. The molecule has 2 aromatic rings. The van der Waals surface area contributed by atoms with Gasteiger partial charge < -0.3 is 9.64 Å². The molecule has 0 bridgehead atoms. The van der Waals surface area contributed by atoms with Gasteiger partial charge in [-0.3, -0.25) is 19.9 Å². The summed E-state index contributed by atoms with van der Waals surface area (Å²) < 4.78 is 5.53. The van der Waals surface area contributed by atoms with E-state index >= 15 is 0 Å². The average molecular weight is 411 g/mol. The van der Waals surface area contributed by atoms with E-state index < -0.39 is 0 Å². The molecular formula is C23H30N4O3. The van der Waals surface area contributed by atoms with Crippen molar-refractivity contribution in [1.29, 1.82) is 0 Å². The Hall–Kier alpha value is -2.64. The number of ether oxygens (including phenoxy) is 1. The lowest BCUT2D eigenvalue weighted by atomic mass is 10.0. The van der Waals surface area contributed by atoms with Gasteiger partial charge in [-0.2, -0.15) is 0 Å². The van der Waals surface area contributed by atoms with Crippen molar-refractivity contribution in [3.8, 4) is 5.75 Å². The molecule has 2 aliphatic heterocycles. The lowest BCUT2D eigenvalue weighted by Gasteiger charge is -2.43. The van der Waals surface area contributed by atoms with E-state index in [0.717, 1.165) is 57.1 Å². The van der Waals surface area contributed by atoms with Gasteiger partial charge in [0.15, 0.2) is 0 Å². The Morgan fingerprint density at radius 3 is 2.27 bits per heavy atom. The highest BCUT2D eigenvalue weighted by atomic mass is 16.6. The molecule has 2 fully saturated rings. The Bertz CT molecular complexity index is 842. The Labute approximate surface area is 178 Å². The molecule has 0 N–H and O–H groups in total.